The SMILES string of the molecule is N#Cc1cc2c3c(sc2nc1N)CCCCCC3. The summed E-state index contributed by atoms with van der Waals surface area (Å²) in [6.45, 7) is 0. The Labute approximate surface area is 110 Å². The number of aryl methyl sites for hydroxylation is 2. The third kappa shape index (κ3) is 1.85. The van der Waals surface area contributed by atoms with Gasteiger partial charge in [0.15, 0.2) is 0 Å². The van der Waals surface area contributed by atoms with E-state index in [1.54, 1.807) is 11.3 Å². The number of anilines is 1. The normalized spacial score (nSPS) is 15.7. The first-order chi connectivity index (χ1) is 8.79. The highest BCUT2D eigenvalue weighted by Gasteiger charge is 2.16. The summed E-state index contributed by atoms with van der Waals surface area (Å²) in [6.07, 6.45) is 7.41. The second kappa shape index (κ2) is 4.58. The number of rotatable bonds is 0. The predicted molar refractivity (Wildman–Crippen MR) is 74.6 cm³/mol. The summed E-state index contributed by atoms with van der Waals surface area (Å²) in [4.78, 5) is 6.84. The summed E-state index contributed by atoms with van der Waals surface area (Å²) in [7, 11) is 0. The first-order valence-corrected chi connectivity index (χ1v) is 7.22. The van der Waals surface area contributed by atoms with E-state index < -0.39 is 0 Å². The molecule has 0 aromatic carbocycles. The number of fused-ring (bicyclic) bond motifs is 3. The Morgan fingerprint density at radius 1 is 1.22 bits per heavy atom. The third-order valence-electron chi connectivity index (χ3n) is 3.60. The molecular weight excluding hydrogens is 242 g/mol. The third-order valence-corrected chi connectivity index (χ3v) is 4.80. The first kappa shape index (κ1) is 11.5. The second-order valence-corrected chi connectivity index (χ2v) is 5.89. The van der Waals surface area contributed by atoms with Crippen molar-refractivity contribution in [1.29, 1.82) is 5.26 Å². The predicted octanol–water partition coefficient (Wildman–Crippen LogP) is 3.41. The van der Waals surface area contributed by atoms with Gasteiger partial charge in [0.25, 0.3) is 0 Å². The monoisotopic (exact) mass is 257 g/mol. The van der Waals surface area contributed by atoms with Gasteiger partial charge in [-0.05, 0) is 37.3 Å². The van der Waals surface area contributed by atoms with E-state index in [0.29, 0.717) is 11.4 Å². The van der Waals surface area contributed by atoms with E-state index in [0.717, 1.165) is 23.1 Å². The number of nitrogens with two attached hydrogens (primary N) is 1. The van der Waals surface area contributed by atoms with Gasteiger partial charge in [-0.1, -0.05) is 12.8 Å². The lowest BCUT2D eigenvalue weighted by atomic mass is 9.97. The van der Waals surface area contributed by atoms with E-state index in [1.807, 2.05) is 6.07 Å². The van der Waals surface area contributed by atoms with Crippen molar-refractivity contribution >= 4 is 27.4 Å². The average Bonchev–Trinajstić information content (AvgIpc) is 2.64. The maximum absolute atomic E-state index is 9.05. The lowest BCUT2D eigenvalue weighted by molar-refractivity contribution is 0.624. The van der Waals surface area contributed by atoms with Crippen LogP contribution in [0.4, 0.5) is 5.82 Å². The molecule has 92 valence electrons. The molecule has 0 amide bonds. The zero-order chi connectivity index (χ0) is 12.5. The van der Waals surface area contributed by atoms with Crippen molar-refractivity contribution in [3.8, 4) is 6.07 Å². The van der Waals surface area contributed by atoms with Gasteiger partial charge in [-0.25, -0.2) is 4.98 Å². The van der Waals surface area contributed by atoms with E-state index in [-0.39, 0.29) is 0 Å². The number of nitrogens with zero attached hydrogens (tertiary/aromatic N) is 2. The molecule has 1 aliphatic carbocycles. The summed E-state index contributed by atoms with van der Waals surface area (Å²) >= 11 is 1.76. The first-order valence-electron chi connectivity index (χ1n) is 6.40. The molecule has 0 saturated heterocycles. The molecule has 0 spiro atoms. The fraction of sp³-hybridized carbons (Fsp3) is 0.429. The van der Waals surface area contributed by atoms with E-state index in [9.17, 15) is 0 Å². The molecule has 1 aliphatic rings. The van der Waals surface area contributed by atoms with Gasteiger partial charge < -0.3 is 5.73 Å². The van der Waals surface area contributed by atoms with Gasteiger partial charge in [0.1, 0.15) is 16.7 Å². The van der Waals surface area contributed by atoms with Gasteiger partial charge in [-0.2, -0.15) is 5.26 Å². The highest BCUT2D eigenvalue weighted by Crippen LogP contribution is 2.35. The molecule has 2 aromatic heterocycles. The topological polar surface area (TPSA) is 62.7 Å². The summed E-state index contributed by atoms with van der Waals surface area (Å²) < 4.78 is 0. The standard InChI is InChI=1S/C14H15N3S/c15-8-9-7-11-10-5-3-1-2-4-6-12(10)18-14(11)17-13(9)16/h7H,1-6H2,(H2,16,17). The Balaban J connectivity index is 2.21. The van der Waals surface area contributed by atoms with Crippen molar-refractivity contribution in [2.75, 3.05) is 5.73 Å². The minimum absolute atomic E-state index is 0.360. The van der Waals surface area contributed by atoms with Crippen LogP contribution in [-0.2, 0) is 12.8 Å². The molecule has 0 aliphatic heterocycles. The smallest absolute Gasteiger partial charge is 0.143 e. The van der Waals surface area contributed by atoms with Crippen LogP contribution < -0.4 is 5.73 Å². The van der Waals surface area contributed by atoms with Gasteiger partial charge in [-0.3, -0.25) is 0 Å². The summed E-state index contributed by atoms with van der Waals surface area (Å²) in [5, 5.41) is 10.2. The van der Waals surface area contributed by atoms with Gasteiger partial charge in [0.05, 0.1) is 5.56 Å². The molecule has 2 aromatic rings. The van der Waals surface area contributed by atoms with Crippen LogP contribution in [0.15, 0.2) is 6.07 Å². The Morgan fingerprint density at radius 3 is 2.78 bits per heavy atom. The molecule has 18 heavy (non-hydrogen) atoms. The van der Waals surface area contributed by atoms with Crippen molar-refractivity contribution in [1.82, 2.24) is 4.98 Å². The van der Waals surface area contributed by atoms with Crippen LogP contribution in [0, 0.1) is 11.3 Å². The molecule has 3 rings (SSSR count). The van der Waals surface area contributed by atoms with Crippen molar-refractivity contribution in [3.63, 3.8) is 0 Å². The summed E-state index contributed by atoms with van der Waals surface area (Å²) in [5.41, 5.74) is 7.71. The van der Waals surface area contributed by atoms with Crippen LogP contribution in [0.3, 0.4) is 0 Å². The minimum Gasteiger partial charge on any atom is -0.383 e. The highest BCUT2D eigenvalue weighted by atomic mass is 32.1. The number of thiophene rings is 1. The van der Waals surface area contributed by atoms with Gasteiger partial charge in [0, 0.05) is 10.3 Å². The fourth-order valence-electron chi connectivity index (χ4n) is 2.64. The Morgan fingerprint density at radius 2 is 2.00 bits per heavy atom. The van der Waals surface area contributed by atoms with Crippen molar-refractivity contribution in [3.05, 3.63) is 22.1 Å². The van der Waals surface area contributed by atoms with Crippen LogP contribution >= 0.6 is 11.3 Å². The number of aromatic nitrogens is 1. The molecule has 4 heteroatoms. The molecule has 0 radical (unpaired) electrons. The van der Waals surface area contributed by atoms with Crippen molar-refractivity contribution in [2.24, 2.45) is 0 Å². The number of pyridine rings is 1. The van der Waals surface area contributed by atoms with Crippen LogP contribution in [-0.4, -0.2) is 4.98 Å². The number of nitrogen functional groups attached to an aromatic ring is 1. The van der Waals surface area contributed by atoms with Crippen LogP contribution in [0.1, 0.15) is 41.7 Å². The van der Waals surface area contributed by atoms with E-state index in [2.05, 4.69) is 11.1 Å². The van der Waals surface area contributed by atoms with Crippen molar-refractivity contribution < 1.29 is 0 Å². The maximum atomic E-state index is 9.05. The minimum atomic E-state index is 0.360. The molecule has 0 saturated carbocycles. The second-order valence-electron chi connectivity index (χ2n) is 4.80. The molecule has 2 heterocycles. The van der Waals surface area contributed by atoms with Crippen LogP contribution in [0.25, 0.3) is 10.2 Å². The Bertz CT molecular complexity index is 637. The van der Waals surface area contributed by atoms with Crippen molar-refractivity contribution in [2.45, 2.75) is 38.5 Å². The van der Waals surface area contributed by atoms with E-state index >= 15 is 0 Å². The quantitative estimate of drug-likeness (QED) is 0.786. The maximum Gasteiger partial charge on any atom is 0.143 e. The molecule has 0 atom stereocenters. The van der Waals surface area contributed by atoms with E-state index in [1.165, 1.54) is 36.1 Å². The van der Waals surface area contributed by atoms with E-state index in [4.69, 9.17) is 11.0 Å². The molecule has 0 unspecified atom stereocenters. The Hall–Kier alpha value is -1.60. The Kier molecular flexibility index (Phi) is 2.92. The lowest BCUT2D eigenvalue weighted by Gasteiger charge is -2.09. The number of nitriles is 1. The van der Waals surface area contributed by atoms with Crippen LogP contribution in [0.5, 0.6) is 0 Å². The zero-order valence-corrected chi connectivity index (χ0v) is 11.0. The lowest BCUT2D eigenvalue weighted by Crippen LogP contribution is -1.97. The largest absolute Gasteiger partial charge is 0.383 e. The highest BCUT2D eigenvalue weighted by molar-refractivity contribution is 7.18. The number of hydrogen-bond acceptors (Lipinski definition) is 4. The van der Waals surface area contributed by atoms with Gasteiger partial charge >= 0.3 is 0 Å². The zero-order valence-electron chi connectivity index (χ0n) is 10.2. The summed E-state index contributed by atoms with van der Waals surface area (Å²) in [6, 6.07) is 4.05. The molecule has 0 bridgehead atoms. The number of hydrogen-bond donors (Lipinski definition) is 1. The molecule has 3 nitrogen and oxygen atoms in total. The van der Waals surface area contributed by atoms with Crippen LogP contribution in [0.2, 0.25) is 0 Å². The van der Waals surface area contributed by atoms with Gasteiger partial charge in [0.2, 0.25) is 0 Å². The summed E-state index contributed by atoms with van der Waals surface area (Å²) in [5.74, 6) is 0.360. The molecule has 0 fully saturated rings. The van der Waals surface area contributed by atoms with Gasteiger partial charge in [-0.15, -0.1) is 11.3 Å². The average molecular weight is 257 g/mol. The molecule has 2 N–H and O–H groups in total. The fourth-order valence-corrected chi connectivity index (χ4v) is 3.89. The molecular formula is C14H15N3S.